The molecule has 2 aromatic heterocycles. The Labute approximate surface area is 168 Å². The van der Waals surface area contributed by atoms with Gasteiger partial charge in [-0.3, -0.25) is 4.79 Å². The first-order valence-corrected chi connectivity index (χ1v) is 10.4. The van der Waals surface area contributed by atoms with Crippen molar-refractivity contribution >= 4 is 17.2 Å². The van der Waals surface area contributed by atoms with Crippen LogP contribution in [0.3, 0.4) is 0 Å². The molecule has 1 aliphatic heterocycles. The van der Waals surface area contributed by atoms with Crippen LogP contribution in [0.15, 0.2) is 46.9 Å². The van der Waals surface area contributed by atoms with Crippen LogP contribution in [0.5, 0.6) is 0 Å². The van der Waals surface area contributed by atoms with E-state index in [9.17, 15) is 9.90 Å². The number of aromatic nitrogens is 1. The molecule has 4 rings (SSSR count). The molecule has 3 aromatic rings. The number of rotatable bonds is 4. The number of carbonyl (C=O) groups is 1. The number of aryl methyl sites for hydroxylation is 2. The van der Waals surface area contributed by atoms with E-state index in [1.54, 1.807) is 0 Å². The molecule has 0 bridgehead atoms. The maximum absolute atomic E-state index is 13.0. The van der Waals surface area contributed by atoms with Crippen LogP contribution in [-0.4, -0.2) is 34.0 Å². The molecule has 0 spiro atoms. The normalized spacial score (nSPS) is 16.3. The highest BCUT2D eigenvalue weighted by Crippen LogP contribution is 2.33. The van der Waals surface area contributed by atoms with Gasteiger partial charge in [-0.1, -0.05) is 30.3 Å². The SMILES string of the molecule is Cc1ccc(-c2nc(C)c(C(=O)N3CCC(C(O)c4ccccc4)CC3)s2)o1. The van der Waals surface area contributed by atoms with Gasteiger partial charge in [0.1, 0.15) is 10.6 Å². The number of thiazole rings is 1. The molecule has 146 valence electrons. The van der Waals surface area contributed by atoms with Gasteiger partial charge in [-0.2, -0.15) is 0 Å². The molecule has 1 amide bonds. The number of nitrogens with zero attached hydrogens (tertiary/aromatic N) is 2. The van der Waals surface area contributed by atoms with E-state index in [1.165, 1.54) is 11.3 Å². The molecule has 1 atom stereocenters. The van der Waals surface area contributed by atoms with E-state index in [-0.39, 0.29) is 11.8 Å². The van der Waals surface area contributed by atoms with Gasteiger partial charge in [0.05, 0.1) is 11.8 Å². The summed E-state index contributed by atoms with van der Waals surface area (Å²) in [5, 5.41) is 11.4. The lowest BCUT2D eigenvalue weighted by molar-refractivity contribution is 0.0465. The Kier molecular flexibility index (Phi) is 5.33. The minimum atomic E-state index is -0.475. The monoisotopic (exact) mass is 396 g/mol. The molecule has 5 nitrogen and oxygen atoms in total. The first-order chi connectivity index (χ1) is 13.5. The number of likely N-dealkylation sites (tertiary alicyclic amines) is 1. The molecule has 1 aliphatic rings. The van der Waals surface area contributed by atoms with Gasteiger partial charge in [0.25, 0.3) is 5.91 Å². The molecule has 0 radical (unpaired) electrons. The zero-order chi connectivity index (χ0) is 19.7. The van der Waals surface area contributed by atoms with Crippen molar-refractivity contribution in [1.29, 1.82) is 0 Å². The van der Waals surface area contributed by atoms with Crippen LogP contribution in [0.2, 0.25) is 0 Å². The Morgan fingerprint density at radius 2 is 1.89 bits per heavy atom. The van der Waals surface area contributed by atoms with Gasteiger partial charge in [-0.05, 0) is 50.3 Å². The second-order valence-electron chi connectivity index (χ2n) is 7.33. The van der Waals surface area contributed by atoms with E-state index >= 15 is 0 Å². The molecular formula is C22H24N2O3S. The number of hydrogen-bond donors (Lipinski definition) is 1. The topological polar surface area (TPSA) is 66.6 Å². The predicted molar refractivity (Wildman–Crippen MR) is 109 cm³/mol. The van der Waals surface area contributed by atoms with Crippen LogP contribution in [0.1, 0.15) is 45.6 Å². The third kappa shape index (κ3) is 3.75. The zero-order valence-electron chi connectivity index (χ0n) is 16.1. The highest BCUT2D eigenvalue weighted by atomic mass is 32.1. The summed E-state index contributed by atoms with van der Waals surface area (Å²) in [6.45, 7) is 5.07. The van der Waals surface area contributed by atoms with Crippen molar-refractivity contribution < 1.29 is 14.3 Å². The first kappa shape index (κ1) is 18.9. The van der Waals surface area contributed by atoms with E-state index in [0.29, 0.717) is 23.7 Å². The number of piperidine rings is 1. The quantitative estimate of drug-likeness (QED) is 0.700. The van der Waals surface area contributed by atoms with E-state index in [2.05, 4.69) is 4.98 Å². The highest BCUT2D eigenvalue weighted by molar-refractivity contribution is 7.17. The van der Waals surface area contributed by atoms with Crippen LogP contribution in [0.4, 0.5) is 0 Å². The summed E-state index contributed by atoms with van der Waals surface area (Å²) in [5.41, 5.74) is 1.69. The summed E-state index contributed by atoms with van der Waals surface area (Å²) in [5.74, 6) is 1.73. The number of hydrogen-bond acceptors (Lipinski definition) is 5. The van der Waals surface area contributed by atoms with E-state index in [0.717, 1.165) is 34.9 Å². The van der Waals surface area contributed by atoms with Crippen molar-refractivity contribution in [3.05, 3.63) is 64.4 Å². The minimum absolute atomic E-state index is 0.0252. The van der Waals surface area contributed by atoms with Gasteiger partial charge in [0.15, 0.2) is 10.8 Å². The molecule has 28 heavy (non-hydrogen) atoms. The van der Waals surface area contributed by atoms with Crippen molar-refractivity contribution in [2.24, 2.45) is 5.92 Å². The van der Waals surface area contributed by atoms with Crippen molar-refractivity contribution in [2.75, 3.05) is 13.1 Å². The van der Waals surface area contributed by atoms with Crippen LogP contribution in [0, 0.1) is 19.8 Å². The van der Waals surface area contributed by atoms with Gasteiger partial charge < -0.3 is 14.4 Å². The second-order valence-corrected chi connectivity index (χ2v) is 8.33. The van der Waals surface area contributed by atoms with E-state index < -0.39 is 6.10 Å². The first-order valence-electron chi connectivity index (χ1n) is 9.59. The Morgan fingerprint density at radius 1 is 1.18 bits per heavy atom. The summed E-state index contributed by atoms with van der Waals surface area (Å²) in [6, 6.07) is 13.5. The largest absolute Gasteiger partial charge is 0.459 e. The smallest absolute Gasteiger partial charge is 0.265 e. The Bertz CT molecular complexity index is 955. The van der Waals surface area contributed by atoms with Gasteiger partial charge >= 0.3 is 0 Å². The van der Waals surface area contributed by atoms with Gasteiger partial charge in [0.2, 0.25) is 0 Å². The third-order valence-electron chi connectivity index (χ3n) is 5.36. The van der Waals surface area contributed by atoms with Gasteiger partial charge in [-0.15, -0.1) is 11.3 Å². The van der Waals surface area contributed by atoms with E-state index in [4.69, 9.17) is 4.42 Å². The molecule has 1 saturated heterocycles. The van der Waals surface area contributed by atoms with Crippen molar-refractivity contribution in [1.82, 2.24) is 9.88 Å². The summed E-state index contributed by atoms with van der Waals surface area (Å²) >= 11 is 1.39. The lowest BCUT2D eigenvalue weighted by Gasteiger charge is -2.34. The minimum Gasteiger partial charge on any atom is -0.459 e. The van der Waals surface area contributed by atoms with Gasteiger partial charge in [0, 0.05) is 13.1 Å². The second kappa shape index (κ2) is 7.89. The lowest BCUT2D eigenvalue weighted by Crippen LogP contribution is -2.39. The number of aliphatic hydroxyl groups excluding tert-OH is 1. The number of furan rings is 1. The number of aliphatic hydroxyl groups is 1. The number of benzene rings is 1. The van der Waals surface area contributed by atoms with Crippen molar-refractivity contribution in [3.63, 3.8) is 0 Å². The standard InChI is InChI=1S/C22H24N2O3S/c1-14-8-9-18(27-14)21-23-15(2)20(28-21)22(26)24-12-10-17(11-13-24)19(25)16-6-4-3-5-7-16/h3-9,17,19,25H,10-13H2,1-2H3. The molecule has 6 heteroatoms. The molecule has 1 N–H and O–H groups in total. The molecular weight excluding hydrogens is 372 g/mol. The number of carbonyl (C=O) groups excluding carboxylic acids is 1. The Hall–Kier alpha value is -2.44. The molecule has 0 saturated carbocycles. The maximum Gasteiger partial charge on any atom is 0.265 e. The van der Waals surface area contributed by atoms with Crippen LogP contribution >= 0.6 is 11.3 Å². The highest BCUT2D eigenvalue weighted by Gasteiger charge is 2.30. The van der Waals surface area contributed by atoms with Crippen LogP contribution in [-0.2, 0) is 0 Å². The number of amides is 1. The van der Waals surface area contributed by atoms with Crippen molar-refractivity contribution in [2.45, 2.75) is 32.8 Å². The molecule has 3 heterocycles. The summed E-state index contributed by atoms with van der Waals surface area (Å²) in [4.78, 5) is 20.1. The zero-order valence-corrected chi connectivity index (χ0v) is 16.9. The summed E-state index contributed by atoms with van der Waals surface area (Å²) in [6.07, 6.45) is 1.12. The Balaban J connectivity index is 1.42. The lowest BCUT2D eigenvalue weighted by atomic mass is 9.87. The predicted octanol–water partition coefficient (Wildman–Crippen LogP) is 4.61. The Morgan fingerprint density at radius 3 is 2.54 bits per heavy atom. The average Bonchev–Trinajstić information content (AvgIpc) is 3.33. The van der Waals surface area contributed by atoms with E-state index in [1.807, 2.05) is 61.2 Å². The summed E-state index contributed by atoms with van der Waals surface area (Å²) < 4.78 is 5.64. The fourth-order valence-corrected chi connectivity index (χ4v) is 4.73. The van der Waals surface area contributed by atoms with Crippen LogP contribution in [0.25, 0.3) is 10.8 Å². The van der Waals surface area contributed by atoms with Crippen LogP contribution < -0.4 is 0 Å². The molecule has 1 aromatic carbocycles. The molecule has 0 aliphatic carbocycles. The maximum atomic E-state index is 13.0. The fraction of sp³-hybridized carbons (Fsp3) is 0.364. The van der Waals surface area contributed by atoms with Crippen molar-refractivity contribution in [3.8, 4) is 10.8 Å². The third-order valence-corrected chi connectivity index (χ3v) is 6.52. The fourth-order valence-electron chi connectivity index (χ4n) is 3.73. The molecule has 1 fully saturated rings. The molecule has 1 unspecified atom stereocenters. The average molecular weight is 397 g/mol. The summed E-state index contributed by atoms with van der Waals surface area (Å²) in [7, 11) is 0. The van der Waals surface area contributed by atoms with Gasteiger partial charge in [-0.25, -0.2) is 4.98 Å².